The molecule has 1 fully saturated rings. The fourth-order valence-electron chi connectivity index (χ4n) is 2.54. The molecule has 0 unspecified atom stereocenters. The predicted octanol–water partition coefficient (Wildman–Crippen LogP) is 2.36. The van der Waals surface area contributed by atoms with Crippen molar-refractivity contribution < 1.29 is 14.3 Å². The van der Waals surface area contributed by atoms with Crippen LogP contribution in [0.15, 0.2) is 12.3 Å². The number of nitrogens with zero attached hydrogens (tertiary/aromatic N) is 2. The van der Waals surface area contributed by atoms with Crippen LogP contribution in [0.2, 0.25) is 5.02 Å². The van der Waals surface area contributed by atoms with Gasteiger partial charge in [0.05, 0.1) is 24.9 Å². The highest BCUT2D eigenvalue weighted by molar-refractivity contribution is 6.32. The molecule has 24 heavy (non-hydrogen) atoms. The lowest BCUT2D eigenvalue weighted by Crippen LogP contribution is -2.55. The number of nitrogens with one attached hydrogen (secondary N) is 1. The SMILES string of the molecule is CC(C)Oc1ncc(C(=O)NCC(C)(C)N2CCOCC2)cc1Cl. The molecule has 0 radical (unpaired) electrons. The second-order valence-electron chi connectivity index (χ2n) is 6.77. The van der Waals surface area contributed by atoms with Gasteiger partial charge >= 0.3 is 0 Å². The number of amides is 1. The standard InChI is InChI=1S/C17H26ClN3O3/c1-12(2)24-16-14(18)9-13(10-19-16)15(22)20-11-17(3,4)21-5-7-23-8-6-21/h9-10,12H,5-8,11H2,1-4H3,(H,20,22). The number of aromatic nitrogens is 1. The highest BCUT2D eigenvalue weighted by atomic mass is 35.5. The minimum Gasteiger partial charge on any atom is -0.474 e. The van der Waals surface area contributed by atoms with E-state index in [-0.39, 0.29) is 17.6 Å². The first-order valence-electron chi connectivity index (χ1n) is 8.23. The number of halogens is 1. The molecule has 1 aromatic rings. The van der Waals surface area contributed by atoms with E-state index in [1.54, 1.807) is 6.07 Å². The van der Waals surface area contributed by atoms with E-state index in [4.69, 9.17) is 21.1 Å². The lowest BCUT2D eigenvalue weighted by Gasteiger charge is -2.40. The normalized spacial score (nSPS) is 16.2. The van der Waals surface area contributed by atoms with Gasteiger partial charge in [0.2, 0.25) is 5.88 Å². The number of carbonyl (C=O) groups is 1. The van der Waals surface area contributed by atoms with Crippen LogP contribution in [0.4, 0.5) is 0 Å². The second kappa shape index (κ2) is 8.14. The Morgan fingerprint density at radius 1 is 1.46 bits per heavy atom. The van der Waals surface area contributed by atoms with Crippen LogP contribution in [0.5, 0.6) is 5.88 Å². The maximum atomic E-state index is 12.4. The first-order valence-corrected chi connectivity index (χ1v) is 8.60. The molecule has 0 aromatic carbocycles. The maximum absolute atomic E-state index is 12.4. The third kappa shape index (κ3) is 5.06. The summed E-state index contributed by atoms with van der Waals surface area (Å²) in [7, 11) is 0. The van der Waals surface area contributed by atoms with Crippen molar-refractivity contribution in [2.24, 2.45) is 0 Å². The van der Waals surface area contributed by atoms with Crippen molar-refractivity contribution in [2.45, 2.75) is 39.3 Å². The Bertz CT molecular complexity index is 572. The van der Waals surface area contributed by atoms with E-state index in [2.05, 4.69) is 29.0 Å². The molecular formula is C17H26ClN3O3. The van der Waals surface area contributed by atoms with Crippen molar-refractivity contribution in [3.05, 3.63) is 22.8 Å². The Balaban J connectivity index is 1.95. The highest BCUT2D eigenvalue weighted by Crippen LogP contribution is 2.23. The number of carbonyl (C=O) groups excluding carboxylic acids is 1. The van der Waals surface area contributed by atoms with Gasteiger partial charge in [-0.1, -0.05) is 11.6 Å². The van der Waals surface area contributed by atoms with Gasteiger partial charge in [0.15, 0.2) is 0 Å². The van der Waals surface area contributed by atoms with Gasteiger partial charge in [-0.3, -0.25) is 9.69 Å². The van der Waals surface area contributed by atoms with Gasteiger partial charge in [0, 0.05) is 31.4 Å². The lowest BCUT2D eigenvalue weighted by molar-refractivity contribution is -0.00923. The van der Waals surface area contributed by atoms with Crippen LogP contribution >= 0.6 is 11.6 Å². The Morgan fingerprint density at radius 3 is 2.71 bits per heavy atom. The zero-order chi connectivity index (χ0) is 17.7. The molecule has 0 saturated carbocycles. The van der Waals surface area contributed by atoms with Crippen molar-refractivity contribution in [1.29, 1.82) is 0 Å². The van der Waals surface area contributed by atoms with Crippen LogP contribution in [-0.4, -0.2) is 60.3 Å². The highest BCUT2D eigenvalue weighted by Gasteiger charge is 2.28. The summed E-state index contributed by atoms with van der Waals surface area (Å²) in [5.41, 5.74) is 0.283. The van der Waals surface area contributed by atoms with E-state index in [1.807, 2.05) is 13.8 Å². The van der Waals surface area contributed by atoms with E-state index >= 15 is 0 Å². The first-order chi connectivity index (χ1) is 11.3. The molecule has 1 aromatic heterocycles. The Hall–Kier alpha value is -1.37. The van der Waals surface area contributed by atoms with E-state index in [0.29, 0.717) is 23.0 Å². The van der Waals surface area contributed by atoms with Crippen LogP contribution in [0.25, 0.3) is 0 Å². The molecule has 1 amide bonds. The molecular weight excluding hydrogens is 330 g/mol. The van der Waals surface area contributed by atoms with Gasteiger partial charge in [-0.25, -0.2) is 4.98 Å². The summed E-state index contributed by atoms with van der Waals surface area (Å²) in [6.07, 6.45) is 1.46. The number of pyridine rings is 1. The Kier molecular flexibility index (Phi) is 6.43. The Labute approximate surface area is 148 Å². The van der Waals surface area contributed by atoms with Gasteiger partial charge in [-0.05, 0) is 33.8 Å². The first kappa shape index (κ1) is 19.0. The zero-order valence-corrected chi connectivity index (χ0v) is 15.5. The molecule has 2 rings (SSSR count). The third-order valence-electron chi connectivity index (χ3n) is 3.97. The lowest BCUT2D eigenvalue weighted by atomic mass is 10.0. The van der Waals surface area contributed by atoms with Gasteiger partial charge in [0.25, 0.3) is 5.91 Å². The second-order valence-corrected chi connectivity index (χ2v) is 7.18. The summed E-state index contributed by atoms with van der Waals surface area (Å²) < 4.78 is 10.9. The maximum Gasteiger partial charge on any atom is 0.252 e. The number of morpholine rings is 1. The summed E-state index contributed by atoms with van der Waals surface area (Å²) in [6, 6.07) is 1.59. The van der Waals surface area contributed by atoms with E-state index < -0.39 is 0 Å². The van der Waals surface area contributed by atoms with E-state index in [9.17, 15) is 4.79 Å². The number of rotatable bonds is 6. The average molecular weight is 356 g/mol. The third-order valence-corrected chi connectivity index (χ3v) is 4.24. The Morgan fingerprint density at radius 2 is 2.12 bits per heavy atom. The summed E-state index contributed by atoms with van der Waals surface area (Å²) >= 11 is 6.14. The topological polar surface area (TPSA) is 63.7 Å². The molecule has 0 atom stereocenters. The van der Waals surface area contributed by atoms with E-state index in [0.717, 1.165) is 26.3 Å². The quantitative estimate of drug-likeness (QED) is 0.848. The molecule has 0 aliphatic carbocycles. The summed E-state index contributed by atoms with van der Waals surface area (Å²) in [5, 5.41) is 3.30. The molecule has 134 valence electrons. The smallest absolute Gasteiger partial charge is 0.252 e. The fraction of sp³-hybridized carbons (Fsp3) is 0.647. The zero-order valence-electron chi connectivity index (χ0n) is 14.8. The van der Waals surface area contributed by atoms with E-state index in [1.165, 1.54) is 6.20 Å². The fourth-order valence-corrected chi connectivity index (χ4v) is 2.75. The average Bonchev–Trinajstić information content (AvgIpc) is 2.55. The van der Waals surface area contributed by atoms with Crippen molar-refractivity contribution in [3.63, 3.8) is 0 Å². The van der Waals surface area contributed by atoms with Crippen LogP contribution in [0, 0.1) is 0 Å². The molecule has 1 N–H and O–H groups in total. The van der Waals surface area contributed by atoms with Gasteiger partial charge in [-0.2, -0.15) is 0 Å². The van der Waals surface area contributed by atoms with Crippen LogP contribution in [0.3, 0.4) is 0 Å². The van der Waals surface area contributed by atoms with Crippen molar-refractivity contribution in [1.82, 2.24) is 15.2 Å². The molecule has 1 saturated heterocycles. The van der Waals surface area contributed by atoms with Gasteiger partial charge in [-0.15, -0.1) is 0 Å². The van der Waals surface area contributed by atoms with Crippen LogP contribution in [0.1, 0.15) is 38.1 Å². The summed E-state index contributed by atoms with van der Waals surface area (Å²) in [4.78, 5) is 18.8. The molecule has 1 aliphatic rings. The van der Waals surface area contributed by atoms with Crippen molar-refractivity contribution >= 4 is 17.5 Å². The van der Waals surface area contributed by atoms with Crippen molar-refractivity contribution in [2.75, 3.05) is 32.8 Å². The van der Waals surface area contributed by atoms with Gasteiger partial charge in [0.1, 0.15) is 5.02 Å². The molecule has 0 bridgehead atoms. The van der Waals surface area contributed by atoms with Crippen molar-refractivity contribution in [3.8, 4) is 5.88 Å². The minimum atomic E-state index is -0.193. The number of hydrogen-bond acceptors (Lipinski definition) is 5. The van der Waals surface area contributed by atoms with Crippen LogP contribution < -0.4 is 10.1 Å². The summed E-state index contributed by atoms with van der Waals surface area (Å²) in [5.74, 6) is 0.152. The minimum absolute atomic E-state index is 0.0241. The van der Waals surface area contributed by atoms with Gasteiger partial charge < -0.3 is 14.8 Å². The molecule has 6 nitrogen and oxygen atoms in total. The predicted molar refractivity (Wildman–Crippen MR) is 93.8 cm³/mol. The summed E-state index contributed by atoms with van der Waals surface area (Å²) in [6.45, 7) is 11.8. The molecule has 2 heterocycles. The number of ether oxygens (including phenoxy) is 2. The molecule has 1 aliphatic heterocycles. The monoisotopic (exact) mass is 355 g/mol. The molecule has 0 spiro atoms. The molecule has 7 heteroatoms. The van der Waals surface area contributed by atoms with Crippen LogP contribution in [-0.2, 0) is 4.74 Å². The largest absolute Gasteiger partial charge is 0.474 e. The number of hydrogen-bond donors (Lipinski definition) is 1.